The highest BCUT2D eigenvalue weighted by Gasteiger charge is 2.43. The monoisotopic (exact) mass is 513 g/mol. The Morgan fingerprint density at radius 2 is 1.97 bits per heavy atom. The fraction of sp³-hybridized carbons (Fsp3) is 0.476. The van der Waals surface area contributed by atoms with Crippen LogP contribution in [0.5, 0.6) is 0 Å². The third-order valence-electron chi connectivity index (χ3n) is 5.50. The summed E-state index contributed by atoms with van der Waals surface area (Å²) in [5, 5.41) is 11.4. The number of aromatic nitrogens is 2. The number of aromatic amines is 1. The van der Waals surface area contributed by atoms with Crippen LogP contribution in [0.2, 0.25) is 0 Å². The first-order chi connectivity index (χ1) is 15.1. The van der Waals surface area contributed by atoms with Crippen LogP contribution in [0, 0.1) is 5.92 Å². The van der Waals surface area contributed by atoms with Gasteiger partial charge in [-0.05, 0) is 23.6 Å². The van der Waals surface area contributed by atoms with Gasteiger partial charge in [-0.1, -0.05) is 41.9 Å². The molecule has 0 aliphatic carbocycles. The molecular weight excluding hydrogens is 490 g/mol. The molecule has 1 aliphatic heterocycles. The lowest BCUT2D eigenvalue weighted by molar-refractivity contribution is -0.267. The number of hydrogen-bond donors (Lipinski definition) is 1. The Labute approximate surface area is 192 Å². The van der Waals surface area contributed by atoms with Gasteiger partial charge >= 0.3 is 6.61 Å². The molecule has 1 aliphatic rings. The predicted octanol–water partition coefficient (Wildman–Crippen LogP) is 3.02. The Hall–Kier alpha value is -2.53. The second-order valence-electron chi connectivity index (χ2n) is 8.02. The second kappa shape index (κ2) is 9.95. The maximum Gasteiger partial charge on any atom is 0.345 e. The van der Waals surface area contributed by atoms with E-state index in [1.807, 2.05) is 24.3 Å². The summed E-state index contributed by atoms with van der Waals surface area (Å²) in [6, 6.07) is 5.80. The zero-order valence-corrected chi connectivity index (χ0v) is 19.4. The van der Waals surface area contributed by atoms with Gasteiger partial charge in [-0.2, -0.15) is 8.78 Å². The van der Waals surface area contributed by atoms with Crippen molar-refractivity contribution in [1.29, 1.82) is 0 Å². The molecule has 1 aromatic heterocycles. The molecule has 2 amide bonds. The SMILES string of the molecule is CC(C)C(C(=O)N1CC(OC(F)F)CC1c1ncc(-c2ccc(Br)cc2)[nH]1)N(C)C(=O)[O-]. The van der Waals surface area contributed by atoms with Crippen LogP contribution < -0.4 is 5.11 Å². The number of imidazole rings is 1. The molecule has 1 saturated heterocycles. The molecule has 8 nitrogen and oxygen atoms in total. The molecule has 3 rings (SSSR count). The summed E-state index contributed by atoms with van der Waals surface area (Å²) in [4.78, 5) is 34.5. The van der Waals surface area contributed by atoms with E-state index in [0.717, 1.165) is 14.9 Å². The number of likely N-dealkylation sites (tertiary alicyclic amines) is 1. The van der Waals surface area contributed by atoms with Crippen molar-refractivity contribution in [3.63, 3.8) is 0 Å². The Bertz CT molecular complexity index is 954. The summed E-state index contributed by atoms with van der Waals surface area (Å²) in [6.45, 7) is 0.321. The highest BCUT2D eigenvalue weighted by Crippen LogP contribution is 2.35. The Morgan fingerprint density at radius 3 is 2.53 bits per heavy atom. The number of carbonyl (C=O) groups is 2. The molecule has 0 saturated carbocycles. The van der Waals surface area contributed by atoms with Gasteiger partial charge in [0.2, 0.25) is 5.91 Å². The van der Waals surface area contributed by atoms with Gasteiger partial charge in [-0.25, -0.2) is 4.98 Å². The zero-order chi connectivity index (χ0) is 23.6. The van der Waals surface area contributed by atoms with Gasteiger partial charge < -0.3 is 29.4 Å². The van der Waals surface area contributed by atoms with Crippen molar-refractivity contribution in [2.75, 3.05) is 13.6 Å². The number of alkyl halides is 2. The number of carbonyl (C=O) groups excluding carboxylic acids is 2. The van der Waals surface area contributed by atoms with E-state index in [4.69, 9.17) is 0 Å². The maximum atomic E-state index is 13.4. The first-order valence-electron chi connectivity index (χ1n) is 10.1. The summed E-state index contributed by atoms with van der Waals surface area (Å²) in [6.07, 6.45) is -0.700. The van der Waals surface area contributed by atoms with Crippen LogP contribution in [-0.2, 0) is 9.53 Å². The maximum absolute atomic E-state index is 13.4. The van der Waals surface area contributed by atoms with E-state index in [0.29, 0.717) is 11.5 Å². The fourth-order valence-corrected chi connectivity index (χ4v) is 4.27. The molecule has 3 unspecified atom stereocenters. The molecule has 1 fully saturated rings. The number of likely N-dealkylation sites (N-methyl/N-ethyl adjacent to an activating group) is 1. The number of halogens is 3. The quantitative estimate of drug-likeness (QED) is 0.613. The number of carboxylic acid groups (broad SMARTS) is 1. The molecule has 0 spiro atoms. The van der Waals surface area contributed by atoms with Crippen LogP contribution in [0.15, 0.2) is 34.9 Å². The topological polar surface area (TPSA) is 102 Å². The normalized spacial score (nSPS) is 19.6. The van der Waals surface area contributed by atoms with Crippen molar-refractivity contribution in [1.82, 2.24) is 19.8 Å². The molecule has 1 aromatic carbocycles. The van der Waals surface area contributed by atoms with E-state index in [-0.39, 0.29) is 18.9 Å². The summed E-state index contributed by atoms with van der Waals surface area (Å²) in [5.74, 6) is -0.468. The predicted molar refractivity (Wildman–Crippen MR) is 113 cm³/mol. The summed E-state index contributed by atoms with van der Waals surface area (Å²) < 4.78 is 31.3. The number of rotatable bonds is 7. The van der Waals surface area contributed by atoms with Gasteiger partial charge in [0.25, 0.3) is 0 Å². The highest BCUT2D eigenvalue weighted by molar-refractivity contribution is 9.10. The van der Waals surface area contributed by atoms with Crippen molar-refractivity contribution >= 4 is 27.9 Å². The van der Waals surface area contributed by atoms with Crippen LogP contribution in [-0.4, -0.2) is 64.1 Å². The first kappa shape index (κ1) is 24.1. The summed E-state index contributed by atoms with van der Waals surface area (Å²) in [5.41, 5.74) is 1.56. The van der Waals surface area contributed by atoms with Gasteiger partial charge in [0.05, 0.1) is 24.0 Å². The average molecular weight is 514 g/mol. The number of nitrogens with one attached hydrogen (secondary N) is 1. The lowest BCUT2D eigenvalue weighted by Crippen LogP contribution is -2.55. The molecule has 2 aromatic rings. The molecule has 32 heavy (non-hydrogen) atoms. The van der Waals surface area contributed by atoms with Crippen LogP contribution in [0.1, 0.15) is 32.1 Å². The Morgan fingerprint density at radius 1 is 1.31 bits per heavy atom. The van der Waals surface area contributed by atoms with Gasteiger partial charge in [0.15, 0.2) is 0 Å². The molecule has 2 heterocycles. The number of H-pyrrole nitrogens is 1. The average Bonchev–Trinajstić information content (AvgIpc) is 3.35. The molecule has 1 N–H and O–H groups in total. The number of benzene rings is 1. The molecule has 11 heteroatoms. The van der Waals surface area contributed by atoms with E-state index in [9.17, 15) is 23.5 Å². The lowest BCUT2D eigenvalue weighted by atomic mass is 10.0. The van der Waals surface area contributed by atoms with E-state index in [1.165, 1.54) is 11.9 Å². The van der Waals surface area contributed by atoms with E-state index >= 15 is 0 Å². The smallest absolute Gasteiger partial charge is 0.345 e. The standard InChI is InChI=1S/C21H25BrF2N4O4/c1-11(2)17(27(3)21(30)31)19(29)28-10-14(32-20(23)24)8-16(28)18-25-9-15(26-18)12-4-6-13(22)7-5-12/h4-7,9,11,14,16-17,20H,8,10H2,1-3H3,(H,25,26)(H,30,31)/p-1. The van der Waals surface area contributed by atoms with Crippen molar-refractivity contribution < 1.29 is 28.2 Å². The minimum Gasteiger partial charge on any atom is -0.530 e. The lowest BCUT2D eigenvalue weighted by Gasteiger charge is -2.36. The van der Waals surface area contributed by atoms with Gasteiger partial charge in [-0.3, -0.25) is 4.79 Å². The number of amides is 2. The van der Waals surface area contributed by atoms with Crippen molar-refractivity contribution in [2.45, 2.75) is 45.1 Å². The molecular formula is C21H24BrF2N4O4-. The van der Waals surface area contributed by atoms with Gasteiger partial charge in [0.1, 0.15) is 18.0 Å². The van der Waals surface area contributed by atoms with Crippen molar-refractivity contribution in [3.8, 4) is 11.3 Å². The van der Waals surface area contributed by atoms with Crippen LogP contribution in [0.25, 0.3) is 11.3 Å². The zero-order valence-electron chi connectivity index (χ0n) is 17.8. The molecule has 0 radical (unpaired) electrons. The highest BCUT2D eigenvalue weighted by atomic mass is 79.9. The van der Waals surface area contributed by atoms with Crippen LogP contribution in [0.4, 0.5) is 13.6 Å². The summed E-state index contributed by atoms with van der Waals surface area (Å²) >= 11 is 3.38. The van der Waals surface area contributed by atoms with Crippen molar-refractivity contribution in [3.05, 3.63) is 40.8 Å². The van der Waals surface area contributed by atoms with E-state index in [2.05, 4.69) is 30.6 Å². The van der Waals surface area contributed by atoms with Crippen molar-refractivity contribution in [2.24, 2.45) is 5.92 Å². The largest absolute Gasteiger partial charge is 0.530 e. The van der Waals surface area contributed by atoms with Gasteiger partial charge in [-0.15, -0.1) is 0 Å². The van der Waals surface area contributed by atoms with Crippen LogP contribution in [0.3, 0.4) is 0 Å². The fourth-order valence-electron chi connectivity index (χ4n) is 4.01. The van der Waals surface area contributed by atoms with Crippen LogP contribution >= 0.6 is 15.9 Å². The van der Waals surface area contributed by atoms with E-state index < -0.39 is 36.8 Å². The molecule has 3 atom stereocenters. The molecule has 0 bridgehead atoms. The minimum absolute atomic E-state index is 0.100. The Kier molecular flexibility index (Phi) is 7.50. The van der Waals surface area contributed by atoms with Gasteiger partial charge in [0, 0.05) is 24.5 Å². The number of ether oxygens (including phenoxy) is 1. The molecule has 174 valence electrons. The number of nitrogens with zero attached hydrogens (tertiary/aromatic N) is 3. The van der Waals surface area contributed by atoms with E-state index in [1.54, 1.807) is 20.0 Å². The Balaban J connectivity index is 1.92. The first-order valence-corrected chi connectivity index (χ1v) is 10.9. The third kappa shape index (κ3) is 5.26. The third-order valence-corrected chi connectivity index (χ3v) is 6.03. The number of hydrogen-bond acceptors (Lipinski definition) is 5. The minimum atomic E-state index is -2.99. The summed E-state index contributed by atoms with van der Waals surface area (Å²) in [7, 11) is 1.26. The second-order valence-corrected chi connectivity index (χ2v) is 8.93.